The maximum Gasteiger partial charge on any atom is 0.496 e. The third kappa shape index (κ3) is 3.10. The molecule has 1 saturated heterocycles. The van der Waals surface area contributed by atoms with Crippen molar-refractivity contribution < 1.29 is 22.5 Å². The van der Waals surface area contributed by atoms with Gasteiger partial charge in [-0.25, -0.2) is 17.7 Å². The fraction of sp³-hybridized carbons (Fsp3) is 0.643. The zero-order valence-corrected chi connectivity index (χ0v) is 15.4. The van der Waals surface area contributed by atoms with Crippen LogP contribution < -0.4 is 10.2 Å². The molecule has 0 amide bonds. The first-order chi connectivity index (χ1) is 10.4. The second-order valence-electron chi connectivity index (χ2n) is 6.65. The lowest BCUT2D eigenvalue weighted by Crippen LogP contribution is -2.41. The van der Waals surface area contributed by atoms with Crippen LogP contribution in [0.4, 0.5) is 0 Å². The van der Waals surface area contributed by atoms with Crippen molar-refractivity contribution in [1.29, 1.82) is 0 Å². The van der Waals surface area contributed by atoms with E-state index in [1.54, 1.807) is 0 Å². The molecule has 9 heteroatoms. The molecule has 1 aromatic rings. The number of ether oxygens (including phenoxy) is 1. The van der Waals surface area contributed by atoms with Gasteiger partial charge in [0.15, 0.2) is 0 Å². The normalized spacial score (nSPS) is 20.1. The minimum atomic E-state index is -3.69. The van der Waals surface area contributed by atoms with Crippen LogP contribution in [0.2, 0.25) is 0 Å². The van der Waals surface area contributed by atoms with Gasteiger partial charge in [0.2, 0.25) is 15.9 Å². The molecular formula is C14H23BN2O5S. The van der Waals surface area contributed by atoms with Crippen LogP contribution in [0.3, 0.4) is 0 Å². The molecule has 0 aromatic carbocycles. The molecule has 0 spiro atoms. The standard InChI is InChI=1S/C14H23BN2O5S/c1-13(2)14(3,4)22-15(21-13)10-8-11(12(20-7)16-9-10)23(18,19)17(5)6/h8-9H,1-7H3. The van der Waals surface area contributed by atoms with Crippen molar-refractivity contribution in [2.45, 2.75) is 43.8 Å². The highest BCUT2D eigenvalue weighted by Gasteiger charge is 2.52. The molecule has 23 heavy (non-hydrogen) atoms. The van der Waals surface area contributed by atoms with Gasteiger partial charge in [0.25, 0.3) is 0 Å². The fourth-order valence-electron chi connectivity index (χ4n) is 2.09. The highest BCUT2D eigenvalue weighted by Crippen LogP contribution is 2.36. The summed E-state index contributed by atoms with van der Waals surface area (Å²) in [4.78, 5) is 4.08. The second kappa shape index (κ2) is 5.73. The number of nitrogens with zero attached hydrogens (tertiary/aromatic N) is 2. The van der Waals surface area contributed by atoms with E-state index in [-0.39, 0.29) is 10.8 Å². The Balaban J connectivity index is 2.48. The second-order valence-corrected chi connectivity index (χ2v) is 8.77. The number of methoxy groups -OCH3 is 1. The van der Waals surface area contributed by atoms with Crippen LogP contribution in [0.5, 0.6) is 5.88 Å². The minimum absolute atomic E-state index is 0.0165. The molecular weight excluding hydrogens is 319 g/mol. The van der Waals surface area contributed by atoms with Crippen molar-refractivity contribution in [2.24, 2.45) is 0 Å². The number of aromatic nitrogens is 1. The first-order valence-corrected chi connectivity index (χ1v) is 8.68. The predicted molar refractivity (Wildman–Crippen MR) is 87.4 cm³/mol. The van der Waals surface area contributed by atoms with E-state index in [4.69, 9.17) is 14.0 Å². The maximum absolute atomic E-state index is 12.5. The third-order valence-electron chi connectivity index (χ3n) is 4.32. The van der Waals surface area contributed by atoms with Crippen molar-refractivity contribution in [3.05, 3.63) is 12.3 Å². The maximum atomic E-state index is 12.5. The smallest absolute Gasteiger partial charge is 0.480 e. The van der Waals surface area contributed by atoms with E-state index in [1.807, 2.05) is 27.7 Å². The summed E-state index contributed by atoms with van der Waals surface area (Å²) in [7, 11) is -0.0905. The summed E-state index contributed by atoms with van der Waals surface area (Å²) in [5.74, 6) is 0.0407. The number of rotatable bonds is 4. The van der Waals surface area contributed by atoms with Crippen molar-refractivity contribution in [3.63, 3.8) is 0 Å². The molecule has 0 saturated carbocycles. The molecule has 7 nitrogen and oxygen atoms in total. The number of pyridine rings is 1. The number of hydrogen-bond donors (Lipinski definition) is 0. The van der Waals surface area contributed by atoms with E-state index < -0.39 is 28.3 Å². The van der Waals surface area contributed by atoms with Crippen molar-refractivity contribution >= 4 is 22.6 Å². The van der Waals surface area contributed by atoms with Crippen LogP contribution in [0.25, 0.3) is 0 Å². The van der Waals surface area contributed by atoms with E-state index in [1.165, 1.54) is 33.5 Å². The Morgan fingerprint density at radius 3 is 2.13 bits per heavy atom. The van der Waals surface area contributed by atoms with Crippen LogP contribution >= 0.6 is 0 Å². The van der Waals surface area contributed by atoms with Crippen LogP contribution in [-0.2, 0) is 19.3 Å². The Labute approximate surface area is 138 Å². The summed E-state index contributed by atoms with van der Waals surface area (Å²) in [5.41, 5.74) is -0.499. The summed E-state index contributed by atoms with van der Waals surface area (Å²) >= 11 is 0. The minimum Gasteiger partial charge on any atom is -0.480 e. The van der Waals surface area contributed by atoms with Crippen LogP contribution in [0, 0.1) is 0 Å². The Morgan fingerprint density at radius 1 is 1.17 bits per heavy atom. The summed E-state index contributed by atoms with van der Waals surface area (Å²) in [5, 5.41) is 0. The predicted octanol–water partition coefficient (Wildman–Crippen LogP) is 0.640. The molecule has 0 atom stereocenters. The Hall–Kier alpha value is -1.16. The molecule has 1 aromatic heterocycles. The molecule has 1 fully saturated rings. The molecule has 0 radical (unpaired) electrons. The third-order valence-corrected chi connectivity index (χ3v) is 6.13. The Kier molecular flexibility index (Phi) is 4.53. The molecule has 0 unspecified atom stereocenters. The molecule has 1 aliphatic heterocycles. The van der Waals surface area contributed by atoms with Gasteiger partial charge in [-0.3, -0.25) is 0 Å². The molecule has 128 valence electrons. The summed E-state index contributed by atoms with van der Waals surface area (Å²) in [6.45, 7) is 7.73. The van der Waals surface area contributed by atoms with Crippen LogP contribution in [0.1, 0.15) is 27.7 Å². The van der Waals surface area contributed by atoms with Crippen molar-refractivity contribution in [1.82, 2.24) is 9.29 Å². The molecule has 2 heterocycles. The van der Waals surface area contributed by atoms with E-state index in [9.17, 15) is 8.42 Å². The lowest BCUT2D eigenvalue weighted by atomic mass is 9.80. The van der Waals surface area contributed by atoms with Crippen LogP contribution in [-0.4, -0.2) is 57.2 Å². The Bertz CT molecular complexity index is 687. The van der Waals surface area contributed by atoms with Gasteiger partial charge in [0, 0.05) is 25.8 Å². The SMILES string of the molecule is COc1ncc(B2OC(C)(C)C(C)(C)O2)cc1S(=O)(=O)N(C)C. The first kappa shape index (κ1) is 18.2. The lowest BCUT2D eigenvalue weighted by Gasteiger charge is -2.32. The van der Waals surface area contributed by atoms with Crippen molar-refractivity contribution in [3.8, 4) is 5.88 Å². The van der Waals surface area contributed by atoms with Gasteiger partial charge in [-0.1, -0.05) is 0 Å². The molecule has 0 aliphatic carbocycles. The average molecular weight is 342 g/mol. The summed E-state index contributed by atoms with van der Waals surface area (Å²) < 4.78 is 43.0. The topological polar surface area (TPSA) is 78.0 Å². The van der Waals surface area contributed by atoms with E-state index in [0.29, 0.717) is 5.46 Å². The molecule has 2 rings (SSSR count). The molecule has 1 aliphatic rings. The fourth-order valence-corrected chi connectivity index (χ4v) is 3.13. The number of sulfonamides is 1. The first-order valence-electron chi connectivity index (χ1n) is 7.24. The Morgan fingerprint density at radius 2 is 1.70 bits per heavy atom. The van der Waals surface area contributed by atoms with Gasteiger partial charge in [-0.05, 0) is 33.8 Å². The van der Waals surface area contributed by atoms with Gasteiger partial charge < -0.3 is 14.0 Å². The van der Waals surface area contributed by atoms with Gasteiger partial charge >= 0.3 is 7.12 Å². The summed E-state index contributed by atoms with van der Waals surface area (Å²) in [6.07, 6.45) is 1.51. The lowest BCUT2D eigenvalue weighted by molar-refractivity contribution is 0.00578. The largest absolute Gasteiger partial charge is 0.496 e. The highest BCUT2D eigenvalue weighted by molar-refractivity contribution is 7.89. The summed E-state index contributed by atoms with van der Waals surface area (Å²) in [6, 6.07) is 1.49. The van der Waals surface area contributed by atoms with E-state index in [0.717, 1.165) is 4.31 Å². The van der Waals surface area contributed by atoms with E-state index in [2.05, 4.69) is 4.98 Å². The number of hydrogen-bond acceptors (Lipinski definition) is 6. The highest BCUT2D eigenvalue weighted by atomic mass is 32.2. The van der Waals surface area contributed by atoms with E-state index >= 15 is 0 Å². The van der Waals surface area contributed by atoms with Gasteiger partial charge in [-0.2, -0.15) is 0 Å². The molecule has 0 N–H and O–H groups in total. The van der Waals surface area contributed by atoms with Crippen LogP contribution in [0.15, 0.2) is 17.2 Å². The monoisotopic (exact) mass is 342 g/mol. The molecule has 0 bridgehead atoms. The van der Waals surface area contributed by atoms with Gasteiger partial charge in [-0.15, -0.1) is 0 Å². The van der Waals surface area contributed by atoms with Gasteiger partial charge in [0.1, 0.15) is 4.90 Å². The van der Waals surface area contributed by atoms with Gasteiger partial charge in [0.05, 0.1) is 18.3 Å². The zero-order chi connectivity index (χ0) is 17.6. The zero-order valence-electron chi connectivity index (χ0n) is 14.6. The van der Waals surface area contributed by atoms with Crippen molar-refractivity contribution in [2.75, 3.05) is 21.2 Å². The quantitative estimate of drug-likeness (QED) is 0.748. The average Bonchev–Trinajstić information content (AvgIpc) is 2.66.